The van der Waals surface area contributed by atoms with E-state index >= 15 is 0 Å². The van der Waals surface area contributed by atoms with Gasteiger partial charge < -0.3 is 5.73 Å². The molecule has 2 unspecified atom stereocenters. The molecule has 3 nitrogen and oxygen atoms in total. The summed E-state index contributed by atoms with van der Waals surface area (Å²) in [7, 11) is 0. The van der Waals surface area contributed by atoms with Crippen LogP contribution in [0.25, 0.3) is 0 Å². The Kier molecular flexibility index (Phi) is 2.74. The minimum absolute atomic E-state index is 0.320. The van der Waals surface area contributed by atoms with E-state index in [4.69, 9.17) is 5.73 Å². The first-order valence-electron chi connectivity index (χ1n) is 5.60. The van der Waals surface area contributed by atoms with Gasteiger partial charge in [-0.3, -0.25) is 0 Å². The number of aromatic nitrogens is 2. The van der Waals surface area contributed by atoms with E-state index in [9.17, 15) is 0 Å². The molecule has 82 valence electrons. The maximum atomic E-state index is 6.04. The first-order valence-corrected chi connectivity index (χ1v) is 5.60. The van der Waals surface area contributed by atoms with Crippen molar-refractivity contribution in [1.82, 2.24) is 9.97 Å². The average Bonchev–Trinajstić information content (AvgIpc) is 2.23. The van der Waals surface area contributed by atoms with Gasteiger partial charge in [0.15, 0.2) is 0 Å². The van der Waals surface area contributed by atoms with E-state index in [0.29, 0.717) is 17.4 Å². The predicted molar refractivity (Wildman–Crippen MR) is 60.4 cm³/mol. The Bertz CT molecular complexity index is 321. The van der Waals surface area contributed by atoms with Crippen LogP contribution in [0.2, 0.25) is 0 Å². The molecule has 1 saturated carbocycles. The highest BCUT2D eigenvalue weighted by molar-refractivity contribution is 5.16. The minimum Gasteiger partial charge on any atom is -0.328 e. The molecule has 0 saturated heterocycles. The summed E-state index contributed by atoms with van der Waals surface area (Å²) in [4.78, 5) is 8.20. The fourth-order valence-corrected chi connectivity index (χ4v) is 2.55. The van der Waals surface area contributed by atoms with Gasteiger partial charge in [0.1, 0.15) is 6.33 Å². The third-order valence-electron chi connectivity index (χ3n) is 3.62. The Labute approximate surface area is 91.1 Å². The molecule has 2 atom stereocenters. The summed E-state index contributed by atoms with van der Waals surface area (Å²) in [5.41, 5.74) is 7.60. The molecule has 0 spiro atoms. The molecule has 1 aromatic heterocycles. The summed E-state index contributed by atoms with van der Waals surface area (Å²) in [5.74, 6) is 0.502. The molecule has 0 aromatic carbocycles. The predicted octanol–water partition coefficient (Wildman–Crippen LogP) is 2.10. The Hall–Kier alpha value is -0.960. The van der Waals surface area contributed by atoms with Crippen LogP contribution < -0.4 is 5.73 Å². The molecule has 0 aliphatic heterocycles. The highest BCUT2D eigenvalue weighted by Gasteiger charge is 2.36. The summed E-state index contributed by atoms with van der Waals surface area (Å²) in [6, 6.07) is 0.336. The van der Waals surface area contributed by atoms with E-state index < -0.39 is 0 Å². The molecular formula is C12H19N3. The first-order chi connectivity index (χ1) is 7.09. The zero-order chi connectivity index (χ0) is 10.9. The smallest absolute Gasteiger partial charge is 0.115 e. The molecule has 1 aliphatic carbocycles. The molecule has 15 heavy (non-hydrogen) atoms. The molecule has 0 amide bonds. The van der Waals surface area contributed by atoms with Crippen molar-refractivity contribution in [3.05, 3.63) is 24.3 Å². The highest BCUT2D eigenvalue weighted by atomic mass is 14.8. The van der Waals surface area contributed by atoms with Gasteiger partial charge in [-0.1, -0.05) is 13.8 Å². The molecule has 1 heterocycles. The molecule has 2 rings (SSSR count). The number of hydrogen-bond acceptors (Lipinski definition) is 3. The molecular weight excluding hydrogens is 186 g/mol. The molecule has 3 heteroatoms. The topological polar surface area (TPSA) is 51.8 Å². The minimum atomic E-state index is 0.320. The first kappa shape index (κ1) is 10.6. The molecule has 1 aromatic rings. The average molecular weight is 205 g/mol. The van der Waals surface area contributed by atoms with Gasteiger partial charge in [-0.2, -0.15) is 0 Å². The number of rotatable bonds is 1. The van der Waals surface area contributed by atoms with Gasteiger partial charge in [0, 0.05) is 18.4 Å². The number of nitrogens with two attached hydrogens (primary N) is 1. The van der Waals surface area contributed by atoms with Crippen LogP contribution in [0.5, 0.6) is 0 Å². The van der Waals surface area contributed by atoms with Crippen LogP contribution in [-0.2, 0) is 0 Å². The third-order valence-corrected chi connectivity index (χ3v) is 3.62. The Morgan fingerprint density at radius 3 is 2.67 bits per heavy atom. The van der Waals surface area contributed by atoms with Crippen LogP contribution in [-0.4, -0.2) is 16.0 Å². The lowest BCUT2D eigenvalue weighted by Gasteiger charge is -2.41. The monoisotopic (exact) mass is 205 g/mol. The van der Waals surface area contributed by atoms with Crippen molar-refractivity contribution < 1.29 is 0 Å². The molecule has 0 bridgehead atoms. The van der Waals surface area contributed by atoms with Crippen LogP contribution in [0, 0.1) is 5.41 Å². The maximum Gasteiger partial charge on any atom is 0.115 e. The van der Waals surface area contributed by atoms with E-state index in [1.54, 1.807) is 6.33 Å². The largest absolute Gasteiger partial charge is 0.328 e. The van der Waals surface area contributed by atoms with Crippen molar-refractivity contribution >= 4 is 0 Å². The van der Waals surface area contributed by atoms with Crippen LogP contribution >= 0.6 is 0 Å². The van der Waals surface area contributed by atoms with Gasteiger partial charge in [-0.15, -0.1) is 0 Å². The summed E-state index contributed by atoms with van der Waals surface area (Å²) < 4.78 is 0. The fourth-order valence-electron chi connectivity index (χ4n) is 2.55. The van der Waals surface area contributed by atoms with Crippen molar-refractivity contribution in [2.24, 2.45) is 11.1 Å². The number of hydrogen-bond donors (Lipinski definition) is 1. The zero-order valence-corrected chi connectivity index (χ0v) is 9.48. The van der Waals surface area contributed by atoms with Crippen molar-refractivity contribution in [1.29, 1.82) is 0 Å². The van der Waals surface area contributed by atoms with E-state index in [2.05, 4.69) is 23.8 Å². The van der Waals surface area contributed by atoms with E-state index in [-0.39, 0.29) is 0 Å². The lowest BCUT2D eigenvalue weighted by Crippen LogP contribution is -2.36. The van der Waals surface area contributed by atoms with Gasteiger partial charge in [0.05, 0.1) is 0 Å². The van der Waals surface area contributed by atoms with Crippen molar-refractivity contribution in [2.45, 2.75) is 45.1 Å². The van der Waals surface area contributed by atoms with Crippen molar-refractivity contribution in [3.8, 4) is 0 Å². The second-order valence-corrected chi connectivity index (χ2v) is 5.25. The van der Waals surface area contributed by atoms with Gasteiger partial charge >= 0.3 is 0 Å². The van der Waals surface area contributed by atoms with E-state index in [1.165, 1.54) is 12.0 Å². The second kappa shape index (κ2) is 3.89. The Morgan fingerprint density at radius 2 is 2.00 bits per heavy atom. The fraction of sp³-hybridized carbons (Fsp3) is 0.667. The van der Waals surface area contributed by atoms with Gasteiger partial charge in [0.25, 0.3) is 0 Å². The van der Waals surface area contributed by atoms with Crippen LogP contribution in [0.4, 0.5) is 0 Å². The quantitative estimate of drug-likeness (QED) is 0.763. The lowest BCUT2D eigenvalue weighted by molar-refractivity contribution is 0.182. The van der Waals surface area contributed by atoms with Gasteiger partial charge in [-0.05, 0) is 36.2 Å². The Morgan fingerprint density at radius 1 is 1.33 bits per heavy atom. The van der Waals surface area contributed by atoms with E-state index in [1.807, 2.05) is 12.4 Å². The van der Waals surface area contributed by atoms with Crippen molar-refractivity contribution in [2.75, 3.05) is 0 Å². The summed E-state index contributed by atoms with van der Waals surface area (Å²) in [6.45, 7) is 4.63. The van der Waals surface area contributed by atoms with Gasteiger partial charge in [-0.25, -0.2) is 9.97 Å². The van der Waals surface area contributed by atoms with Crippen LogP contribution in [0.15, 0.2) is 18.7 Å². The second-order valence-electron chi connectivity index (χ2n) is 5.25. The van der Waals surface area contributed by atoms with Crippen LogP contribution in [0.1, 0.15) is 44.6 Å². The zero-order valence-electron chi connectivity index (χ0n) is 9.48. The van der Waals surface area contributed by atoms with Crippen LogP contribution in [0.3, 0.4) is 0 Å². The summed E-state index contributed by atoms with van der Waals surface area (Å²) >= 11 is 0. The molecule has 1 aliphatic rings. The Balaban J connectivity index is 2.26. The SMILES string of the molecule is CC1(C)CCC(N)CC1c1cncnc1. The van der Waals surface area contributed by atoms with Crippen molar-refractivity contribution in [3.63, 3.8) is 0 Å². The lowest BCUT2D eigenvalue weighted by atomic mass is 9.65. The highest BCUT2D eigenvalue weighted by Crippen LogP contribution is 2.45. The van der Waals surface area contributed by atoms with Gasteiger partial charge in [0.2, 0.25) is 0 Å². The standard InChI is InChI=1S/C12H19N3/c1-12(2)4-3-10(13)5-11(12)9-6-14-8-15-7-9/h6-8,10-11H,3-5,13H2,1-2H3. The molecule has 1 fully saturated rings. The molecule has 0 radical (unpaired) electrons. The summed E-state index contributed by atoms with van der Waals surface area (Å²) in [6.07, 6.45) is 8.82. The summed E-state index contributed by atoms with van der Waals surface area (Å²) in [5, 5.41) is 0. The number of nitrogens with zero attached hydrogens (tertiary/aromatic N) is 2. The normalized spacial score (nSPS) is 30.1. The molecule has 2 N–H and O–H groups in total. The van der Waals surface area contributed by atoms with E-state index in [0.717, 1.165) is 12.8 Å². The third kappa shape index (κ3) is 2.17. The maximum absolute atomic E-state index is 6.04.